The van der Waals surface area contributed by atoms with Crippen LogP contribution in [0.3, 0.4) is 0 Å². The van der Waals surface area contributed by atoms with E-state index in [9.17, 15) is 9.59 Å². The number of carbonyl (C=O) groups excluding carboxylic acids is 1. The molecule has 0 unspecified atom stereocenters. The second-order valence-electron chi connectivity index (χ2n) is 6.30. The summed E-state index contributed by atoms with van der Waals surface area (Å²) in [6, 6.07) is 8.94. The van der Waals surface area contributed by atoms with Crippen molar-refractivity contribution in [1.29, 1.82) is 0 Å². The van der Waals surface area contributed by atoms with Crippen molar-refractivity contribution in [3.63, 3.8) is 0 Å². The highest BCUT2D eigenvalue weighted by Crippen LogP contribution is 2.20. The summed E-state index contributed by atoms with van der Waals surface area (Å²) in [6.45, 7) is 4.00. The number of nitrogens with zero attached hydrogens (tertiary/aromatic N) is 3. The number of amides is 1. The number of nitrogens with one attached hydrogen (secondary N) is 1. The van der Waals surface area contributed by atoms with Crippen LogP contribution in [-0.2, 0) is 6.54 Å². The molecular weight excluding hydrogens is 332 g/mol. The summed E-state index contributed by atoms with van der Waals surface area (Å²) in [5.74, 6) is 0.457. The monoisotopic (exact) mass is 356 g/mol. The Hall–Kier alpha value is -2.83. The Morgan fingerprint density at radius 2 is 2.04 bits per heavy atom. The smallest absolute Gasteiger partial charge is 0.268 e. The van der Waals surface area contributed by atoms with Gasteiger partial charge in [-0.25, -0.2) is 4.68 Å². The number of ether oxygens (including phenoxy) is 1. The molecule has 1 amide bonds. The van der Waals surface area contributed by atoms with Crippen LogP contribution in [0.2, 0.25) is 0 Å². The maximum absolute atomic E-state index is 12.5. The van der Waals surface area contributed by atoms with Crippen LogP contribution >= 0.6 is 0 Å². The van der Waals surface area contributed by atoms with Crippen molar-refractivity contribution in [1.82, 2.24) is 15.1 Å². The van der Waals surface area contributed by atoms with Gasteiger partial charge in [-0.1, -0.05) is 12.1 Å². The number of aromatic nitrogens is 2. The largest absolute Gasteiger partial charge is 0.496 e. The minimum absolute atomic E-state index is 0.0865. The van der Waals surface area contributed by atoms with Crippen LogP contribution in [0.15, 0.2) is 41.3 Å². The highest BCUT2D eigenvalue weighted by Gasteiger charge is 2.23. The first kappa shape index (κ1) is 18.0. The number of benzene rings is 1. The number of para-hydroxylation sites is 1. The molecule has 0 saturated carbocycles. The van der Waals surface area contributed by atoms with Crippen molar-refractivity contribution in [3.05, 3.63) is 52.4 Å². The SMILES string of the molecule is CCn1ncc(N2CCC(NC(=O)c3ccccc3OC)CC2)cc1=O. The van der Waals surface area contributed by atoms with Gasteiger partial charge in [-0.05, 0) is 31.9 Å². The van der Waals surface area contributed by atoms with E-state index in [2.05, 4.69) is 15.3 Å². The lowest BCUT2D eigenvalue weighted by atomic mass is 10.0. The Labute approximate surface area is 152 Å². The van der Waals surface area contributed by atoms with E-state index in [0.717, 1.165) is 31.6 Å². The molecule has 1 aromatic carbocycles. The van der Waals surface area contributed by atoms with Crippen molar-refractivity contribution in [2.75, 3.05) is 25.1 Å². The van der Waals surface area contributed by atoms with E-state index in [0.29, 0.717) is 17.9 Å². The molecule has 0 bridgehead atoms. The Kier molecular flexibility index (Phi) is 5.55. The Bertz CT molecular complexity index is 826. The number of carbonyl (C=O) groups is 1. The summed E-state index contributed by atoms with van der Waals surface area (Å²) in [6.07, 6.45) is 3.37. The summed E-state index contributed by atoms with van der Waals surface area (Å²) in [5.41, 5.74) is 1.30. The fourth-order valence-corrected chi connectivity index (χ4v) is 3.21. The number of hydrogen-bond donors (Lipinski definition) is 1. The second-order valence-corrected chi connectivity index (χ2v) is 6.30. The van der Waals surface area contributed by atoms with Gasteiger partial charge in [0.15, 0.2) is 0 Å². The molecule has 1 aromatic heterocycles. The zero-order valence-corrected chi connectivity index (χ0v) is 15.1. The van der Waals surface area contributed by atoms with Crippen molar-refractivity contribution in [3.8, 4) is 5.75 Å². The second kappa shape index (κ2) is 8.03. The fraction of sp³-hybridized carbons (Fsp3) is 0.421. The van der Waals surface area contributed by atoms with E-state index in [1.807, 2.05) is 19.1 Å². The third kappa shape index (κ3) is 3.87. The molecule has 1 aliphatic rings. The third-order valence-electron chi connectivity index (χ3n) is 4.70. The van der Waals surface area contributed by atoms with E-state index in [1.165, 1.54) is 4.68 Å². The number of aryl methyl sites for hydroxylation is 1. The molecule has 0 atom stereocenters. The first-order chi connectivity index (χ1) is 12.6. The van der Waals surface area contributed by atoms with Gasteiger partial charge in [0.2, 0.25) is 0 Å². The maximum atomic E-state index is 12.5. The van der Waals surface area contributed by atoms with Gasteiger partial charge in [-0.3, -0.25) is 9.59 Å². The molecule has 0 radical (unpaired) electrons. The van der Waals surface area contributed by atoms with Gasteiger partial charge in [0, 0.05) is 31.7 Å². The predicted molar refractivity (Wildman–Crippen MR) is 99.9 cm³/mol. The summed E-state index contributed by atoms with van der Waals surface area (Å²) >= 11 is 0. The van der Waals surface area contributed by atoms with E-state index in [-0.39, 0.29) is 17.5 Å². The van der Waals surface area contributed by atoms with Crippen molar-refractivity contribution in [2.24, 2.45) is 0 Å². The van der Waals surface area contributed by atoms with Crippen molar-refractivity contribution < 1.29 is 9.53 Å². The maximum Gasteiger partial charge on any atom is 0.268 e. The van der Waals surface area contributed by atoms with E-state index in [4.69, 9.17) is 4.74 Å². The first-order valence-corrected chi connectivity index (χ1v) is 8.88. The van der Waals surface area contributed by atoms with Crippen LogP contribution < -0.4 is 20.5 Å². The Morgan fingerprint density at radius 3 is 2.69 bits per heavy atom. The zero-order chi connectivity index (χ0) is 18.5. The van der Waals surface area contributed by atoms with Crippen molar-refractivity contribution in [2.45, 2.75) is 32.4 Å². The predicted octanol–water partition coefficient (Wildman–Crippen LogP) is 1.67. The molecule has 7 nitrogen and oxygen atoms in total. The lowest BCUT2D eigenvalue weighted by Crippen LogP contribution is -2.45. The van der Waals surface area contributed by atoms with Crippen LogP contribution in [0.5, 0.6) is 5.75 Å². The van der Waals surface area contributed by atoms with Gasteiger partial charge >= 0.3 is 0 Å². The molecular formula is C19H24N4O3. The topological polar surface area (TPSA) is 76.5 Å². The summed E-state index contributed by atoms with van der Waals surface area (Å²) in [4.78, 5) is 26.6. The molecule has 7 heteroatoms. The molecule has 1 N–H and O–H groups in total. The number of methoxy groups -OCH3 is 1. The van der Waals surface area contributed by atoms with Gasteiger partial charge in [0.25, 0.3) is 11.5 Å². The quantitative estimate of drug-likeness (QED) is 0.882. The van der Waals surface area contributed by atoms with Gasteiger partial charge in [-0.2, -0.15) is 5.10 Å². The van der Waals surface area contributed by atoms with E-state index in [1.54, 1.807) is 31.5 Å². The zero-order valence-electron chi connectivity index (χ0n) is 15.1. The minimum Gasteiger partial charge on any atom is -0.496 e. The summed E-state index contributed by atoms with van der Waals surface area (Å²) in [5, 5.41) is 7.26. The third-order valence-corrected chi connectivity index (χ3v) is 4.70. The Morgan fingerprint density at radius 1 is 1.31 bits per heavy atom. The number of rotatable bonds is 5. The molecule has 1 aliphatic heterocycles. The Balaban J connectivity index is 1.59. The van der Waals surface area contributed by atoms with Crippen molar-refractivity contribution >= 4 is 11.6 Å². The number of anilines is 1. The van der Waals surface area contributed by atoms with Gasteiger partial charge in [0.05, 0.1) is 24.6 Å². The molecule has 0 aliphatic carbocycles. The van der Waals surface area contributed by atoms with Crippen LogP contribution in [0.4, 0.5) is 5.69 Å². The summed E-state index contributed by atoms with van der Waals surface area (Å²) < 4.78 is 6.69. The van der Waals surface area contributed by atoms with Crippen LogP contribution in [0.25, 0.3) is 0 Å². The lowest BCUT2D eigenvalue weighted by molar-refractivity contribution is 0.0928. The number of hydrogen-bond acceptors (Lipinski definition) is 5. The average Bonchev–Trinajstić information content (AvgIpc) is 2.68. The highest BCUT2D eigenvalue weighted by molar-refractivity contribution is 5.97. The number of piperidine rings is 1. The molecule has 1 saturated heterocycles. The molecule has 1 fully saturated rings. The first-order valence-electron chi connectivity index (χ1n) is 8.88. The fourth-order valence-electron chi connectivity index (χ4n) is 3.21. The molecule has 3 rings (SSSR count). The van der Waals surface area contributed by atoms with Crippen LogP contribution in [-0.4, -0.2) is 41.9 Å². The molecule has 0 spiro atoms. The van der Waals surface area contributed by atoms with Crippen LogP contribution in [0, 0.1) is 0 Å². The molecule has 2 heterocycles. The lowest BCUT2D eigenvalue weighted by Gasteiger charge is -2.33. The summed E-state index contributed by atoms with van der Waals surface area (Å²) in [7, 11) is 1.56. The van der Waals surface area contributed by atoms with Gasteiger partial charge < -0.3 is 15.0 Å². The molecule has 2 aromatic rings. The standard InChI is InChI=1S/C19H24N4O3/c1-3-23-18(24)12-15(13-20-23)22-10-8-14(9-11-22)21-19(25)16-6-4-5-7-17(16)26-2/h4-7,12-14H,3,8-11H2,1-2H3,(H,21,25). The van der Waals surface area contributed by atoms with Gasteiger partial charge in [0.1, 0.15) is 5.75 Å². The van der Waals surface area contributed by atoms with Crippen LogP contribution in [0.1, 0.15) is 30.1 Å². The average molecular weight is 356 g/mol. The molecule has 138 valence electrons. The highest BCUT2D eigenvalue weighted by atomic mass is 16.5. The van der Waals surface area contributed by atoms with E-state index >= 15 is 0 Å². The van der Waals surface area contributed by atoms with E-state index < -0.39 is 0 Å². The van der Waals surface area contributed by atoms with Gasteiger partial charge in [-0.15, -0.1) is 0 Å². The normalized spacial score (nSPS) is 14.9. The molecule has 26 heavy (non-hydrogen) atoms. The minimum atomic E-state index is -0.117.